The van der Waals surface area contributed by atoms with Gasteiger partial charge in [-0.1, -0.05) is 24.3 Å². The van der Waals surface area contributed by atoms with E-state index in [0.29, 0.717) is 0 Å². The summed E-state index contributed by atoms with van der Waals surface area (Å²) in [6.45, 7) is 0. The molecule has 0 radical (unpaired) electrons. The molecule has 2 rings (SSSR count). The van der Waals surface area contributed by atoms with E-state index in [1.54, 1.807) is 0 Å². The van der Waals surface area contributed by atoms with E-state index >= 15 is 0 Å². The second kappa shape index (κ2) is 4.66. The molecule has 2 N–H and O–H groups in total. The van der Waals surface area contributed by atoms with Gasteiger partial charge in [0.25, 0.3) is 0 Å². The highest BCUT2D eigenvalue weighted by atomic mass is 16.4. The van der Waals surface area contributed by atoms with Crippen LogP contribution in [0.3, 0.4) is 0 Å². The largest absolute Gasteiger partial charge is 0.481 e. The van der Waals surface area contributed by atoms with Crippen LogP contribution in [0.25, 0.3) is 0 Å². The van der Waals surface area contributed by atoms with Crippen LogP contribution in [0.2, 0.25) is 0 Å². The molecule has 2 unspecified atom stereocenters. The number of benzene rings is 1. The standard InChI is InChI=1S/C13H16O3/c14-12(8-13(15)16)11-7-3-5-9-4-1-2-6-10(9)11/h1-2,4,6,11-12,14H,3,5,7-8H2,(H,15,16). The quantitative estimate of drug-likeness (QED) is 0.818. The maximum atomic E-state index is 10.6. The molecule has 1 aliphatic carbocycles. The highest BCUT2D eigenvalue weighted by molar-refractivity contribution is 5.67. The number of hydrogen-bond acceptors (Lipinski definition) is 2. The fraction of sp³-hybridized carbons (Fsp3) is 0.462. The summed E-state index contributed by atoms with van der Waals surface area (Å²) in [5.74, 6) is -0.948. The summed E-state index contributed by atoms with van der Waals surface area (Å²) in [5, 5.41) is 18.6. The van der Waals surface area contributed by atoms with E-state index in [0.717, 1.165) is 24.8 Å². The molecule has 1 aromatic rings. The van der Waals surface area contributed by atoms with Crippen LogP contribution in [0.15, 0.2) is 24.3 Å². The molecular formula is C13H16O3. The van der Waals surface area contributed by atoms with Gasteiger partial charge in [0.1, 0.15) is 0 Å². The smallest absolute Gasteiger partial charge is 0.305 e. The average molecular weight is 220 g/mol. The molecule has 0 fully saturated rings. The minimum absolute atomic E-state index is 0.0129. The Bertz CT molecular complexity index is 387. The van der Waals surface area contributed by atoms with Crippen LogP contribution in [-0.4, -0.2) is 22.3 Å². The van der Waals surface area contributed by atoms with Gasteiger partial charge in [-0.15, -0.1) is 0 Å². The zero-order chi connectivity index (χ0) is 11.5. The van der Waals surface area contributed by atoms with Crippen molar-refractivity contribution in [3.8, 4) is 0 Å². The molecule has 0 bridgehead atoms. The third-order valence-corrected chi connectivity index (χ3v) is 3.26. The van der Waals surface area contributed by atoms with Gasteiger partial charge in [-0.3, -0.25) is 4.79 Å². The minimum Gasteiger partial charge on any atom is -0.481 e. The Balaban J connectivity index is 2.21. The molecule has 3 nitrogen and oxygen atoms in total. The van der Waals surface area contributed by atoms with Gasteiger partial charge in [-0.25, -0.2) is 0 Å². The molecule has 2 atom stereocenters. The van der Waals surface area contributed by atoms with Gasteiger partial charge in [0.15, 0.2) is 0 Å². The van der Waals surface area contributed by atoms with Crippen LogP contribution in [0, 0.1) is 0 Å². The Kier molecular flexibility index (Phi) is 3.25. The molecule has 86 valence electrons. The molecule has 0 saturated carbocycles. The predicted octanol–water partition coefficient (Wildman–Crippen LogP) is 1.94. The summed E-state index contributed by atoms with van der Waals surface area (Å²) < 4.78 is 0. The third-order valence-electron chi connectivity index (χ3n) is 3.26. The van der Waals surface area contributed by atoms with E-state index in [2.05, 4.69) is 6.07 Å². The molecule has 0 aliphatic heterocycles. The van der Waals surface area contributed by atoms with Crippen molar-refractivity contribution in [3.05, 3.63) is 35.4 Å². The number of aliphatic carboxylic acids is 1. The van der Waals surface area contributed by atoms with Gasteiger partial charge in [-0.05, 0) is 30.4 Å². The molecule has 1 aromatic carbocycles. The van der Waals surface area contributed by atoms with Gasteiger partial charge in [0, 0.05) is 5.92 Å². The fourth-order valence-electron chi connectivity index (χ4n) is 2.51. The number of aryl methyl sites for hydroxylation is 1. The summed E-state index contributed by atoms with van der Waals surface area (Å²) in [5.41, 5.74) is 2.38. The summed E-state index contributed by atoms with van der Waals surface area (Å²) in [4.78, 5) is 10.6. The summed E-state index contributed by atoms with van der Waals surface area (Å²) in [6, 6.07) is 8.01. The van der Waals surface area contributed by atoms with Crippen molar-refractivity contribution in [2.45, 2.75) is 37.7 Å². The number of hydrogen-bond donors (Lipinski definition) is 2. The number of aliphatic hydroxyl groups is 1. The maximum Gasteiger partial charge on any atom is 0.305 e. The number of rotatable bonds is 3. The summed E-state index contributed by atoms with van der Waals surface area (Å²) >= 11 is 0. The third kappa shape index (κ3) is 2.25. The topological polar surface area (TPSA) is 57.5 Å². The normalized spacial score (nSPS) is 21.2. The molecule has 0 saturated heterocycles. The van der Waals surface area contributed by atoms with Crippen molar-refractivity contribution in [1.29, 1.82) is 0 Å². The Morgan fingerprint density at radius 3 is 2.94 bits per heavy atom. The number of carboxylic acid groups (broad SMARTS) is 1. The lowest BCUT2D eigenvalue weighted by molar-refractivity contribution is -0.139. The predicted molar refractivity (Wildman–Crippen MR) is 60.4 cm³/mol. The Morgan fingerprint density at radius 2 is 2.19 bits per heavy atom. The molecule has 0 amide bonds. The molecule has 0 heterocycles. The molecule has 0 spiro atoms. The fourth-order valence-corrected chi connectivity index (χ4v) is 2.51. The lowest BCUT2D eigenvalue weighted by Gasteiger charge is -2.28. The van der Waals surface area contributed by atoms with Crippen molar-refractivity contribution >= 4 is 5.97 Å². The van der Waals surface area contributed by atoms with Crippen molar-refractivity contribution in [2.24, 2.45) is 0 Å². The van der Waals surface area contributed by atoms with Crippen LogP contribution in [-0.2, 0) is 11.2 Å². The van der Waals surface area contributed by atoms with E-state index in [1.807, 2.05) is 18.2 Å². The van der Waals surface area contributed by atoms with Gasteiger partial charge in [-0.2, -0.15) is 0 Å². The second-order valence-electron chi connectivity index (χ2n) is 4.36. The molecule has 3 heteroatoms. The first-order valence-electron chi connectivity index (χ1n) is 5.66. The van der Waals surface area contributed by atoms with Crippen LogP contribution in [0.1, 0.15) is 36.3 Å². The highest BCUT2D eigenvalue weighted by Gasteiger charge is 2.27. The molecule has 1 aliphatic rings. The van der Waals surface area contributed by atoms with E-state index < -0.39 is 12.1 Å². The molecular weight excluding hydrogens is 204 g/mol. The van der Waals surface area contributed by atoms with Crippen LogP contribution in [0.4, 0.5) is 0 Å². The summed E-state index contributed by atoms with van der Waals surface area (Å²) in [7, 11) is 0. The Morgan fingerprint density at radius 1 is 1.44 bits per heavy atom. The highest BCUT2D eigenvalue weighted by Crippen LogP contribution is 2.34. The van der Waals surface area contributed by atoms with E-state index in [-0.39, 0.29) is 12.3 Å². The average Bonchev–Trinajstić information content (AvgIpc) is 2.27. The zero-order valence-corrected chi connectivity index (χ0v) is 9.10. The van der Waals surface area contributed by atoms with Crippen LogP contribution in [0.5, 0.6) is 0 Å². The van der Waals surface area contributed by atoms with Gasteiger partial charge >= 0.3 is 5.97 Å². The maximum absolute atomic E-state index is 10.6. The van der Waals surface area contributed by atoms with E-state index in [4.69, 9.17) is 5.11 Å². The van der Waals surface area contributed by atoms with Crippen molar-refractivity contribution < 1.29 is 15.0 Å². The first-order valence-corrected chi connectivity index (χ1v) is 5.66. The first-order chi connectivity index (χ1) is 7.68. The van der Waals surface area contributed by atoms with Gasteiger partial charge in [0.2, 0.25) is 0 Å². The van der Waals surface area contributed by atoms with Crippen molar-refractivity contribution in [2.75, 3.05) is 0 Å². The van der Waals surface area contributed by atoms with E-state index in [1.165, 1.54) is 5.56 Å². The molecule has 16 heavy (non-hydrogen) atoms. The zero-order valence-electron chi connectivity index (χ0n) is 9.10. The summed E-state index contributed by atoms with van der Waals surface area (Å²) in [6.07, 6.45) is 2.01. The Labute approximate surface area is 94.7 Å². The van der Waals surface area contributed by atoms with Crippen molar-refractivity contribution in [1.82, 2.24) is 0 Å². The van der Waals surface area contributed by atoms with Crippen molar-refractivity contribution in [3.63, 3.8) is 0 Å². The monoisotopic (exact) mass is 220 g/mol. The lowest BCUT2D eigenvalue weighted by Crippen LogP contribution is -2.25. The Hall–Kier alpha value is -1.35. The first kappa shape index (κ1) is 11.1. The second-order valence-corrected chi connectivity index (χ2v) is 4.36. The SMILES string of the molecule is O=C(O)CC(O)C1CCCc2ccccc21. The number of fused-ring (bicyclic) bond motifs is 1. The van der Waals surface area contributed by atoms with Gasteiger partial charge < -0.3 is 10.2 Å². The molecule has 0 aromatic heterocycles. The lowest BCUT2D eigenvalue weighted by atomic mass is 9.79. The number of aliphatic hydroxyl groups excluding tert-OH is 1. The van der Waals surface area contributed by atoms with E-state index in [9.17, 15) is 9.90 Å². The number of carboxylic acids is 1. The number of carbonyl (C=O) groups is 1. The van der Waals surface area contributed by atoms with Crippen LogP contribution < -0.4 is 0 Å². The van der Waals surface area contributed by atoms with Gasteiger partial charge in [0.05, 0.1) is 12.5 Å². The minimum atomic E-state index is -0.935. The van der Waals surface area contributed by atoms with Crippen LogP contribution >= 0.6 is 0 Å².